The Labute approximate surface area is 163 Å². The second-order valence-corrected chi connectivity index (χ2v) is 6.35. The van der Waals surface area contributed by atoms with Gasteiger partial charge in [0.05, 0.1) is 23.2 Å². The smallest absolute Gasteiger partial charge is 0.339 e. The highest BCUT2D eigenvalue weighted by Crippen LogP contribution is 2.21. The van der Waals surface area contributed by atoms with Gasteiger partial charge in [0.25, 0.3) is 0 Å². The molecule has 0 spiro atoms. The van der Waals surface area contributed by atoms with Gasteiger partial charge < -0.3 is 20.1 Å². The quantitative estimate of drug-likeness (QED) is 0.542. The van der Waals surface area contributed by atoms with Crippen LogP contribution in [-0.2, 0) is 4.74 Å². The maximum atomic E-state index is 11.9. The fourth-order valence-electron chi connectivity index (χ4n) is 2.14. The van der Waals surface area contributed by atoms with Crippen molar-refractivity contribution in [2.24, 2.45) is 0 Å². The van der Waals surface area contributed by atoms with Gasteiger partial charge in [-0.05, 0) is 56.4 Å². The Bertz CT molecular complexity index is 756. The Morgan fingerprint density at radius 1 is 1.23 bits per heavy atom. The standard InChI is InChI=1S/C19H21ClN2O3S/c1-3-24-18(23)16-11-14(9-10-17(16)20)22-19(26)21-13(2)12-25-15-7-5-4-6-8-15/h4-11,13H,3,12H2,1-2H3,(H2,21,22,26). The molecule has 0 aliphatic rings. The maximum absolute atomic E-state index is 11.9. The van der Waals surface area contributed by atoms with E-state index in [1.165, 1.54) is 0 Å². The number of carbonyl (C=O) groups is 1. The molecule has 0 saturated carbocycles. The summed E-state index contributed by atoms with van der Waals surface area (Å²) >= 11 is 11.4. The van der Waals surface area contributed by atoms with E-state index in [4.69, 9.17) is 33.3 Å². The third-order valence-corrected chi connectivity index (χ3v) is 3.89. The van der Waals surface area contributed by atoms with Gasteiger partial charge in [0.2, 0.25) is 0 Å². The third kappa shape index (κ3) is 6.20. The predicted octanol–water partition coefficient (Wildman–Crippen LogP) is 4.27. The fourth-order valence-corrected chi connectivity index (χ4v) is 2.65. The summed E-state index contributed by atoms with van der Waals surface area (Å²) in [7, 11) is 0. The molecule has 2 aromatic rings. The number of halogens is 1. The molecular formula is C19H21ClN2O3S. The molecule has 2 rings (SSSR count). The van der Waals surface area contributed by atoms with E-state index >= 15 is 0 Å². The minimum Gasteiger partial charge on any atom is -0.491 e. The van der Waals surface area contributed by atoms with E-state index in [1.54, 1.807) is 25.1 Å². The average molecular weight is 393 g/mol. The molecule has 0 aliphatic carbocycles. The summed E-state index contributed by atoms with van der Waals surface area (Å²) in [4.78, 5) is 11.9. The lowest BCUT2D eigenvalue weighted by molar-refractivity contribution is 0.0526. The fraction of sp³-hybridized carbons (Fsp3) is 0.263. The van der Waals surface area contributed by atoms with Crippen LogP contribution in [0.1, 0.15) is 24.2 Å². The number of anilines is 1. The van der Waals surface area contributed by atoms with Crippen molar-refractivity contribution in [1.82, 2.24) is 5.32 Å². The number of benzene rings is 2. The van der Waals surface area contributed by atoms with E-state index in [0.29, 0.717) is 28.0 Å². The van der Waals surface area contributed by atoms with Gasteiger partial charge in [-0.1, -0.05) is 29.8 Å². The molecule has 26 heavy (non-hydrogen) atoms. The van der Waals surface area contributed by atoms with Gasteiger partial charge in [0.15, 0.2) is 5.11 Å². The van der Waals surface area contributed by atoms with Crippen molar-refractivity contribution in [2.45, 2.75) is 19.9 Å². The van der Waals surface area contributed by atoms with E-state index < -0.39 is 5.97 Å². The van der Waals surface area contributed by atoms with Crippen LogP contribution in [0.3, 0.4) is 0 Å². The number of rotatable bonds is 7. The Hall–Kier alpha value is -2.31. The lowest BCUT2D eigenvalue weighted by Gasteiger charge is -2.18. The topological polar surface area (TPSA) is 59.6 Å². The summed E-state index contributed by atoms with van der Waals surface area (Å²) in [6.45, 7) is 4.45. The summed E-state index contributed by atoms with van der Waals surface area (Å²) in [5.41, 5.74) is 0.938. The summed E-state index contributed by atoms with van der Waals surface area (Å²) in [5, 5.41) is 6.92. The first-order chi connectivity index (χ1) is 12.5. The van der Waals surface area contributed by atoms with Crippen LogP contribution in [0.2, 0.25) is 5.02 Å². The molecule has 0 saturated heterocycles. The van der Waals surface area contributed by atoms with Crippen LogP contribution in [0.15, 0.2) is 48.5 Å². The van der Waals surface area contributed by atoms with Crippen LogP contribution in [0, 0.1) is 0 Å². The summed E-state index contributed by atoms with van der Waals surface area (Å²) in [5.74, 6) is 0.335. The third-order valence-electron chi connectivity index (χ3n) is 3.34. The Morgan fingerprint density at radius 2 is 1.96 bits per heavy atom. The van der Waals surface area contributed by atoms with E-state index in [2.05, 4.69) is 10.6 Å². The molecule has 5 nitrogen and oxygen atoms in total. The highest BCUT2D eigenvalue weighted by Gasteiger charge is 2.13. The number of thiocarbonyl (C=S) groups is 1. The van der Waals surface area contributed by atoms with Gasteiger partial charge in [0.1, 0.15) is 12.4 Å². The highest BCUT2D eigenvalue weighted by molar-refractivity contribution is 7.80. The molecule has 1 unspecified atom stereocenters. The zero-order chi connectivity index (χ0) is 18.9. The second kappa shape index (κ2) is 9.99. The SMILES string of the molecule is CCOC(=O)c1cc(NC(=S)NC(C)COc2ccccc2)ccc1Cl. The number of ether oxygens (including phenoxy) is 2. The molecule has 2 N–H and O–H groups in total. The second-order valence-electron chi connectivity index (χ2n) is 5.54. The predicted molar refractivity (Wildman–Crippen MR) is 108 cm³/mol. The Morgan fingerprint density at radius 3 is 2.65 bits per heavy atom. The number of hydrogen-bond donors (Lipinski definition) is 2. The first-order valence-electron chi connectivity index (χ1n) is 8.21. The minimum atomic E-state index is -0.468. The van der Waals surface area contributed by atoms with Crippen LogP contribution < -0.4 is 15.4 Å². The number of para-hydroxylation sites is 1. The molecule has 138 valence electrons. The van der Waals surface area contributed by atoms with Crippen molar-refractivity contribution in [1.29, 1.82) is 0 Å². The van der Waals surface area contributed by atoms with Gasteiger partial charge in [-0.2, -0.15) is 0 Å². The van der Waals surface area contributed by atoms with Gasteiger partial charge in [-0.15, -0.1) is 0 Å². The maximum Gasteiger partial charge on any atom is 0.339 e. The Balaban J connectivity index is 1.88. The van der Waals surface area contributed by atoms with Crippen LogP contribution in [-0.4, -0.2) is 30.3 Å². The monoisotopic (exact) mass is 392 g/mol. The summed E-state index contributed by atoms with van der Waals surface area (Å²) < 4.78 is 10.7. The van der Waals surface area contributed by atoms with Crippen LogP contribution in [0.25, 0.3) is 0 Å². The van der Waals surface area contributed by atoms with Crippen LogP contribution in [0.4, 0.5) is 5.69 Å². The molecule has 0 amide bonds. The van der Waals surface area contributed by atoms with E-state index in [1.807, 2.05) is 37.3 Å². The van der Waals surface area contributed by atoms with Crippen molar-refractivity contribution >= 4 is 40.6 Å². The first kappa shape index (κ1) is 20.0. The first-order valence-corrected chi connectivity index (χ1v) is 9.00. The molecule has 0 radical (unpaired) electrons. The van der Waals surface area contributed by atoms with Gasteiger partial charge in [-0.3, -0.25) is 0 Å². The highest BCUT2D eigenvalue weighted by atomic mass is 35.5. The van der Waals surface area contributed by atoms with Gasteiger partial charge in [-0.25, -0.2) is 4.79 Å². The summed E-state index contributed by atoms with van der Waals surface area (Å²) in [6.07, 6.45) is 0. The van der Waals surface area contributed by atoms with E-state index in [0.717, 1.165) is 5.75 Å². The molecule has 2 aromatic carbocycles. The Kier molecular flexibility index (Phi) is 7.69. The normalized spacial score (nSPS) is 11.3. The van der Waals surface area contributed by atoms with Gasteiger partial charge >= 0.3 is 5.97 Å². The average Bonchev–Trinajstić information content (AvgIpc) is 2.62. The van der Waals surface area contributed by atoms with Crippen molar-refractivity contribution in [3.63, 3.8) is 0 Å². The lowest BCUT2D eigenvalue weighted by atomic mass is 10.2. The molecular weight excluding hydrogens is 372 g/mol. The van der Waals surface area contributed by atoms with E-state index in [-0.39, 0.29) is 12.6 Å². The van der Waals surface area contributed by atoms with Crippen molar-refractivity contribution in [2.75, 3.05) is 18.5 Å². The number of nitrogens with one attached hydrogen (secondary N) is 2. The van der Waals surface area contributed by atoms with Crippen LogP contribution >= 0.6 is 23.8 Å². The number of hydrogen-bond acceptors (Lipinski definition) is 4. The molecule has 0 bridgehead atoms. The van der Waals surface area contributed by atoms with Crippen molar-refractivity contribution < 1.29 is 14.3 Å². The zero-order valence-corrected chi connectivity index (χ0v) is 16.2. The summed E-state index contributed by atoms with van der Waals surface area (Å²) in [6, 6.07) is 14.5. The zero-order valence-electron chi connectivity index (χ0n) is 14.6. The minimum absolute atomic E-state index is 0.00738. The lowest BCUT2D eigenvalue weighted by Crippen LogP contribution is -2.39. The number of carbonyl (C=O) groups excluding carboxylic acids is 1. The molecule has 0 heterocycles. The molecule has 0 aliphatic heterocycles. The number of esters is 1. The molecule has 0 aromatic heterocycles. The molecule has 0 fully saturated rings. The van der Waals surface area contributed by atoms with Gasteiger partial charge in [0, 0.05) is 5.69 Å². The molecule has 7 heteroatoms. The largest absolute Gasteiger partial charge is 0.491 e. The van der Waals surface area contributed by atoms with E-state index in [9.17, 15) is 4.79 Å². The van der Waals surface area contributed by atoms with Crippen LogP contribution in [0.5, 0.6) is 5.75 Å². The van der Waals surface area contributed by atoms with Crippen molar-refractivity contribution in [3.8, 4) is 5.75 Å². The molecule has 1 atom stereocenters. The van der Waals surface area contributed by atoms with Crippen molar-refractivity contribution in [3.05, 3.63) is 59.1 Å².